The first-order valence-electron chi connectivity index (χ1n) is 6.47. The van der Waals surface area contributed by atoms with E-state index in [1.807, 2.05) is 13.8 Å². The van der Waals surface area contributed by atoms with E-state index in [0.29, 0.717) is 11.8 Å². The van der Waals surface area contributed by atoms with Crippen LogP contribution in [0.3, 0.4) is 0 Å². The Kier molecular flexibility index (Phi) is 3.36. The fourth-order valence-corrected chi connectivity index (χ4v) is 2.97. The molecule has 3 saturated heterocycles. The number of hydrogen-bond acceptors (Lipinski definition) is 7. The lowest BCUT2D eigenvalue weighted by atomic mass is 10.1. The number of thiocarbonyl (C=S) groups is 1. The van der Waals surface area contributed by atoms with Gasteiger partial charge in [0.05, 0.1) is 6.04 Å². The van der Waals surface area contributed by atoms with Crippen molar-refractivity contribution in [1.29, 1.82) is 0 Å². The summed E-state index contributed by atoms with van der Waals surface area (Å²) in [7, 11) is 0. The van der Waals surface area contributed by atoms with Gasteiger partial charge in [-0.2, -0.15) is 0 Å². The van der Waals surface area contributed by atoms with Gasteiger partial charge < -0.3 is 29.0 Å². The summed E-state index contributed by atoms with van der Waals surface area (Å²) in [5, 5.41) is 3.36. The lowest BCUT2D eigenvalue weighted by Crippen LogP contribution is -2.45. The second-order valence-corrected chi connectivity index (χ2v) is 5.86. The van der Waals surface area contributed by atoms with Crippen molar-refractivity contribution in [2.24, 2.45) is 0 Å². The van der Waals surface area contributed by atoms with E-state index in [9.17, 15) is 4.79 Å². The molecule has 0 aromatic carbocycles. The van der Waals surface area contributed by atoms with E-state index in [4.69, 9.17) is 35.9 Å². The Balaban J connectivity index is 1.78. The normalized spacial score (nSPS) is 42.0. The summed E-state index contributed by atoms with van der Waals surface area (Å²) < 4.78 is 27.8. The summed E-state index contributed by atoms with van der Waals surface area (Å²) in [6, 6.07) is -0.145. The summed E-state index contributed by atoms with van der Waals surface area (Å²) in [6.45, 7) is 5.36. The predicted octanol–water partition coefficient (Wildman–Crippen LogP) is 0.0678. The standard InChI is InChI=1S/C12H17NO6S/c1-5(14)16-10-9-8(18-12(2,3)19-9)7(17-10)6-4-15-11(20)13-6/h6-10H,4H2,1-3H3,(H,13,20)/t6-,7+,8-,9-,10-/m0/s1. The van der Waals surface area contributed by atoms with Crippen LogP contribution in [0.1, 0.15) is 20.8 Å². The fraction of sp³-hybridized carbons (Fsp3) is 0.833. The minimum absolute atomic E-state index is 0.145. The van der Waals surface area contributed by atoms with Crippen molar-refractivity contribution in [3.8, 4) is 0 Å². The van der Waals surface area contributed by atoms with Crippen molar-refractivity contribution < 1.29 is 28.5 Å². The maximum Gasteiger partial charge on any atom is 0.305 e. The van der Waals surface area contributed by atoms with E-state index in [2.05, 4.69) is 5.32 Å². The van der Waals surface area contributed by atoms with Crippen LogP contribution in [0.15, 0.2) is 0 Å². The van der Waals surface area contributed by atoms with E-state index in [0.717, 1.165) is 0 Å². The molecule has 0 bridgehead atoms. The molecule has 0 aliphatic carbocycles. The molecule has 1 N–H and O–H groups in total. The summed E-state index contributed by atoms with van der Waals surface area (Å²) in [4.78, 5) is 11.2. The number of rotatable bonds is 2. The minimum atomic E-state index is -0.778. The molecule has 3 aliphatic rings. The SMILES string of the molecule is CC(=O)O[C@H]1O[C@H]([C@@H]2COC(=S)N2)[C@@H]2OC(C)(C)O[C@H]12. The zero-order valence-electron chi connectivity index (χ0n) is 11.5. The highest BCUT2D eigenvalue weighted by molar-refractivity contribution is 7.80. The number of nitrogens with one attached hydrogen (secondary N) is 1. The van der Waals surface area contributed by atoms with Gasteiger partial charge in [0.25, 0.3) is 5.17 Å². The van der Waals surface area contributed by atoms with Crippen LogP contribution in [0, 0.1) is 0 Å². The first-order chi connectivity index (χ1) is 9.35. The number of esters is 1. The quantitative estimate of drug-likeness (QED) is 0.567. The molecule has 20 heavy (non-hydrogen) atoms. The maximum absolute atomic E-state index is 11.2. The molecule has 0 saturated carbocycles. The van der Waals surface area contributed by atoms with Crippen LogP contribution in [-0.2, 0) is 28.5 Å². The van der Waals surface area contributed by atoms with Crippen molar-refractivity contribution in [1.82, 2.24) is 5.32 Å². The summed E-state index contributed by atoms with van der Waals surface area (Å²) in [5.41, 5.74) is 0. The van der Waals surface area contributed by atoms with Gasteiger partial charge in [-0.15, -0.1) is 0 Å². The minimum Gasteiger partial charge on any atom is -0.469 e. The predicted molar refractivity (Wildman–Crippen MR) is 69.7 cm³/mol. The van der Waals surface area contributed by atoms with Crippen LogP contribution in [0.25, 0.3) is 0 Å². The monoisotopic (exact) mass is 303 g/mol. The molecular formula is C12H17NO6S. The van der Waals surface area contributed by atoms with Crippen LogP contribution >= 0.6 is 12.2 Å². The molecule has 3 fully saturated rings. The molecule has 0 aromatic heterocycles. The van der Waals surface area contributed by atoms with Gasteiger partial charge in [0.1, 0.15) is 18.8 Å². The van der Waals surface area contributed by atoms with Gasteiger partial charge in [0.2, 0.25) is 6.29 Å². The van der Waals surface area contributed by atoms with Crippen molar-refractivity contribution in [3.63, 3.8) is 0 Å². The Morgan fingerprint density at radius 1 is 1.35 bits per heavy atom. The van der Waals surface area contributed by atoms with Gasteiger partial charge in [-0.1, -0.05) is 0 Å². The third-order valence-corrected chi connectivity index (χ3v) is 3.66. The van der Waals surface area contributed by atoms with Crippen LogP contribution in [-0.4, -0.2) is 54.2 Å². The molecule has 3 aliphatic heterocycles. The van der Waals surface area contributed by atoms with E-state index in [-0.39, 0.29) is 18.2 Å². The average molecular weight is 303 g/mol. The Labute approximate surface area is 121 Å². The number of carbonyl (C=O) groups is 1. The Morgan fingerprint density at radius 2 is 2.05 bits per heavy atom. The largest absolute Gasteiger partial charge is 0.469 e. The van der Waals surface area contributed by atoms with E-state index in [1.165, 1.54) is 6.92 Å². The summed E-state index contributed by atoms with van der Waals surface area (Å²) in [6.07, 6.45) is -1.92. The van der Waals surface area contributed by atoms with Crippen LogP contribution < -0.4 is 5.32 Å². The van der Waals surface area contributed by atoms with Crippen molar-refractivity contribution >= 4 is 23.4 Å². The van der Waals surface area contributed by atoms with E-state index < -0.39 is 24.2 Å². The molecule has 3 heterocycles. The van der Waals surface area contributed by atoms with Gasteiger partial charge in [0.15, 0.2) is 11.9 Å². The molecule has 112 valence electrons. The highest BCUT2D eigenvalue weighted by Gasteiger charge is 2.59. The Morgan fingerprint density at radius 3 is 2.65 bits per heavy atom. The molecule has 0 amide bonds. The Bertz CT molecular complexity index is 442. The number of carbonyl (C=O) groups excluding carboxylic acids is 1. The fourth-order valence-electron chi connectivity index (χ4n) is 2.75. The lowest BCUT2D eigenvalue weighted by Gasteiger charge is -2.25. The smallest absolute Gasteiger partial charge is 0.305 e. The van der Waals surface area contributed by atoms with Crippen LogP contribution in [0.5, 0.6) is 0 Å². The average Bonchev–Trinajstić information content (AvgIpc) is 2.94. The highest BCUT2D eigenvalue weighted by Crippen LogP contribution is 2.40. The van der Waals surface area contributed by atoms with Crippen molar-refractivity contribution in [2.75, 3.05) is 6.61 Å². The molecule has 0 unspecified atom stereocenters. The third kappa shape index (κ3) is 2.48. The molecule has 0 spiro atoms. The van der Waals surface area contributed by atoms with Gasteiger partial charge in [-0.05, 0) is 26.1 Å². The number of hydrogen-bond donors (Lipinski definition) is 1. The van der Waals surface area contributed by atoms with Crippen molar-refractivity contribution in [3.05, 3.63) is 0 Å². The van der Waals surface area contributed by atoms with Gasteiger partial charge >= 0.3 is 5.97 Å². The molecule has 8 heteroatoms. The van der Waals surface area contributed by atoms with Crippen LogP contribution in [0.4, 0.5) is 0 Å². The van der Waals surface area contributed by atoms with Crippen LogP contribution in [0.2, 0.25) is 0 Å². The molecular weight excluding hydrogens is 286 g/mol. The highest BCUT2D eigenvalue weighted by atomic mass is 32.1. The molecule has 0 radical (unpaired) electrons. The Hall–Kier alpha value is -0.960. The van der Waals surface area contributed by atoms with Gasteiger partial charge in [-0.25, -0.2) is 0 Å². The molecule has 7 nitrogen and oxygen atoms in total. The van der Waals surface area contributed by atoms with Gasteiger partial charge in [-0.3, -0.25) is 4.79 Å². The zero-order valence-corrected chi connectivity index (χ0v) is 12.3. The molecule has 5 atom stereocenters. The summed E-state index contributed by atoms with van der Waals surface area (Å²) in [5.74, 6) is -1.16. The van der Waals surface area contributed by atoms with Gasteiger partial charge in [0, 0.05) is 6.92 Å². The number of fused-ring (bicyclic) bond motifs is 1. The van der Waals surface area contributed by atoms with E-state index >= 15 is 0 Å². The topological polar surface area (TPSA) is 75.3 Å². The maximum atomic E-state index is 11.2. The zero-order chi connectivity index (χ0) is 14.5. The molecule has 0 aromatic rings. The third-order valence-electron chi connectivity index (χ3n) is 3.42. The number of ether oxygens (including phenoxy) is 5. The first-order valence-corrected chi connectivity index (χ1v) is 6.88. The molecule has 3 rings (SSSR count). The van der Waals surface area contributed by atoms with Crippen molar-refractivity contribution in [2.45, 2.75) is 57.2 Å². The van der Waals surface area contributed by atoms with E-state index in [1.54, 1.807) is 0 Å². The lowest BCUT2D eigenvalue weighted by molar-refractivity contribution is -0.233. The first kappa shape index (κ1) is 14.0. The second kappa shape index (κ2) is 4.80. The summed E-state index contributed by atoms with van der Waals surface area (Å²) >= 11 is 4.95. The second-order valence-electron chi connectivity index (χ2n) is 5.49.